The molecule has 1 N–H and O–H groups in total. The number of hydrogen-bond donors (Lipinski definition) is 1. The zero-order valence-electron chi connectivity index (χ0n) is 13.0. The molecule has 1 unspecified atom stereocenters. The van der Waals surface area contributed by atoms with Gasteiger partial charge >= 0.3 is 0 Å². The van der Waals surface area contributed by atoms with E-state index in [1.807, 2.05) is 13.1 Å². The van der Waals surface area contributed by atoms with Crippen molar-refractivity contribution in [2.75, 3.05) is 32.4 Å². The summed E-state index contributed by atoms with van der Waals surface area (Å²) >= 11 is 3.32. The molecule has 1 amide bonds. The molecule has 0 radical (unpaired) electrons. The van der Waals surface area contributed by atoms with Gasteiger partial charge in [-0.1, -0.05) is 28.1 Å². The zero-order chi connectivity index (χ0) is 16.2. The maximum absolute atomic E-state index is 12.2. The quantitative estimate of drug-likeness (QED) is 0.755. The van der Waals surface area contributed by atoms with Crippen LogP contribution >= 0.6 is 28.3 Å². The van der Waals surface area contributed by atoms with Gasteiger partial charge in [0.2, 0.25) is 5.91 Å². The second-order valence-electron chi connectivity index (χ2n) is 5.71. The average molecular weight is 426 g/mol. The first kappa shape index (κ1) is 20.4. The summed E-state index contributed by atoms with van der Waals surface area (Å²) in [4.78, 5) is 13.9. The van der Waals surface area contributed by atoms with Crippen molar-refractivity contribution in [2.24, 2.45) is 5.92 Å². The maximum Gasteiger partial charge on any atom is 0.237 e. The Balaban J connectivity index is 0.00000264. The Bertz CT molecular complexity index is 639. The van der Waals surface area contributed by atoms with Crippen molar-refractivity contribution in [1.29, 1.82) is 0 Å². The molecule has 1 fully saturated rings. The minimum atomic E-state index is -3.45. The number of halogens is 2. The number of carbonyl (C=O) groups is 1. The molecule has 0 aromatic heterocycles. The van der Waals surface area contributed by atoms with Crippen molar-refractivity contribution < 1.29 is 13.2 Å². The van der Waals surface area contributed by atoms with Crippen LogP contribution < -0.4 is 5.32 Å². The highest BCUT2D eigenvalue weighted by Gasteiger charge is 2.28. The Labute approximate surface area is 152 Å². The molecule has 0 bridgehead atoms. The van der Waals surface area contributed by atoms with Crippen LogP contribution in [0.1, 0.15) is 12.0 Å². The van der Waals surface area contributed by atoms with Gasteiger partial charge in [0.25, 0.3) is 0 Å². The van der Waals surface area contributed by atoms with E-state index in [0.717, 1.165) is 17.4 Å². The lowest BCUT2D eigenvalue weighted by atomic mass is 10.1. The third-order valence-electron chi connectivity index (χ3n) is 3.75. The molecular formula is C15H22BrClN2O3S. The second-order valence-corrected chi connectivity index (χ2v) is 8.69. The third-order valence-corrected chi connectivity index (χ3v) is 5.70. The van der Waals surface area contributed by atoms with E-state index in [1.165, 1.54) is 0 Å². The maximum atomic E-state index is 12.2. The first-order chi connectivity index (χ1) is 10.4. The molecule has 8 heteroatoms. The number of likely N-dealkylation sites (tertiary alicyclic amines) is 1. The number of hydrogen-bond acceptors (Lipinski definition) is 4. The van der Waals surface area contributed by atoms with Gasteiger partial charge < -0.3 is 10.2 Å². The molecule has 1 aromatic carbocycles. The first-order valence-corrected chi connectivity index (χ1v) is 9.88. The molecule has 1 saturated heterocycles. The molecule has 5 nitrogen and oxygen atoms in total. The van der Waals surface area contributed by atoms with Crippen LogP contribution in [-0.2, 0) is 20.4 Å². The highest BCUT2D eigenvalue weighted by molar-refractivity contribution is 9.10. The van der Waals surface area contributed by atoms with E-state index < -0.39 is 15.6 Å². The zero-order valence-corrected chi connectivity index (χ0v) is 16.2. The number of rotatable bonds is 6. The molecule has 1 aliphatic heterocycles. The van der Waals surface area contributed by atoms with E-state index in [9.17, 15) is 13.2 Å². The minimum absolute atomic E-state index is 0. The molecule has 130 valence electrons. The van der Waals surface area contributed by atoms with Crippen LogP contribution in [0.4, 0.5) is 0 Å². The van der Waals surface area contributed by atoms with Gasteiger partial charge in [-0.2, -0.15) is 0 Å². The van der Waals surface area contributed by atoms with E-state index in [-0.39, 0.29) is 24.1 Å². The molecule has 1 atom stereocenters. The summed E-state index contributed by atoms with van der Waals surface area (Å²) < 4.78 is 25.3. The number of sulfone groups is 1. The van der Waals surface area contributed by atoms with Gasteiger partial charge in [0.1, 0.15) is 5.75 Å². The molecule has 0 spiro atoms. The molecule has 1 aromatic rings. The molecule has 1 aliphatic rings. The van der Waals surface area contributed by atoms with Crippen molar-refractivity contribution in [3.05, 3.63) is 34.3 Å². The SMILES string of the molecule is CNCC1CCN(C(=O)CS(=O)(=O)Cc2cccc(Br)c2)C1.Cl. The van der Waals surface area contributed by atoms with Crippen LogP contribution in [0.2, 0.25) is 0 Å². The Kier molecular flexibility index (Phi) is 8.00. The van der Waals surface area contributed by atoms with Crippen molar-refractivity contribution in [2.45, 2.75) is 12.2 Å². The summed E-state index contributed by atoms with van der Waals surface area (Å²) in [6.45, 7) is 2.15. The largest absolute Gasteiger partial charge is 0.341 e. The van der Waals surface area contributed by atoms with Crippen molar-refractivity contribution in [3.8, 4) is 0 Å². The second kappa shape index (κ2) is 9.01. The van der Waals surface area contributed by atoms with Crippen LogP contribution in [0.3, 0.4) is 0 Å². The summed E-state index contributed by atoms with van der Waals surface area (Å²) in [6, 6.07) is 7.15. The van der Waals surface area contributed by atoms with Crippen LogP contribution in [0, 0.1) is 5.92 Å². The van der Waals surface area contributed by atoms with Gasteiger partial charge in [-0.15, -0.1) is 12.4 Å². The fourth-order valence-electron chi connectivity index (χ4n) is 2.73. The topological polar surface area (TPSA) is 66.5 Å². The Morgan fingerprint density at radius 2 is 2.17 bits per heavy atom. The van der Waals surface area contributed by atoms with Gasteiger partial charge in [0.05, 0.1) is 5.75 Å². The predicted molar refractivity (Wildman–Crippen MR) is 97.5 cm³/mol. The molecule has 1 heterocycles. The molecule has 2 rings (SSSR count). The Morgan fingerprint density at radius 1 is 1.43 bits per heavy atom. The van der Waals surface area contributed by atoms with Gasteiger partial charge in [-0.3, -0.25) is 4.79 Å². The Morgan fingerprint density at radius 3 is 2.83 bits per heavy atom. The average Bonchev–Trinajstić information content (AvgIpc) is 2.86. The fraction of sp³-hybridized carbons (Fsp3) is 0.533. The van der Waals surface area contributed by atoms with Crippen molar-refractivity contribution in [3.63, 3.8) is 0 Å². The van der Waals surface area contributed by atoms with E-state index in [4.69, 9.17) is 0 Å². The smallest absolute Gasteiger partial charge is 0.237 e. The highest BCUT2D eigenvalue weighted by Crippen LogP contribution is 2.17. The van der Waals surface area contributed by atoms with E-state index in [1.54, 1.807) is 23.1 Å². The standard InChI is InChI=1S/C15H21BrN2O3S.ClH/c1-17-8-13-5-6-18(9-13)15(19)11-22(20,21)10-12-3-2-4-14(16)7-12;/h2-4,7,13,17H,5-6,8-11H2,1H3;1H. The predicted octanol–water partition coefficient (Wildman–Crippen LogP) is 1.85. The lowest BCUT2D eigenvalue weighted by Gasteiger charge is -2.16. The van der Waals surface area contributed by atoms with Crippen LogP contribution in [0.15, 0.2) is 28.7 Å². The van der Waals surface area contributed by atoms with Gasteiger partial charge in [0, 0.05) is 17.6 Å². The lowest BCUT2D eigenvalue weighted by molar-refractivity contribution is -0.127. The molecular weight excluding hydrogens is 404 g/mol. The first-order valence-electron chi connectivity index (χ1n) is 7.27. The molecule has 0 saturated carbocycles. The van der Waals surface area contributed by atoms with Gasteiger partial charge in [0.15, 0.2) is 9.84 Å². The summed E-state index contributed by atoms with van der Waals surface area (Å²) in [6.07, 6.45) is 0.929. The monoisotopic (exact) mass is 424 g/mol. The Hall–Kier alpha value is -0.630. The van der Waals surface area contributed by atoms with Crippen LogP contribution in [-0.4, -0.2) is 51.7 Å². The van der Waals surface area contributed by atoms with Crippen molar-refractivity contribution >= 4 is 44.1 Å². The number of nitrogens with zero attached hydrogens (tertiary/aromatic N) is 1. The van der Waals surface area contributed by atoms with Crippen LogP contribution in [0.25, 0.3) is 0 Å². The normalized spacial score (nSPS) is 17.8. The van der Waals surface area contributed by atoms with Gasteiger partial charge in [-0.05, 0) is 43.6 Å². The number of benzene rings is 1. The van der Waals surface area contributed by atoms with Crippen molar-refractivity contribution in [1.82, 2.24) is 10.2 Å². The summed E-state index contributed by atoms with van der Waals surface area (Å²) in [5.41, 5.74) is 0.691. The van der Waals surface area contributed by atoms with Crippen LogP contribution in [0.5, 0.6) is 0 Å². The molecule has 23 heavy (non-hydrogen) atoms. The van der Waals surface area contributed by atoms with E-state index in [0.29, 0.717) is 24.6 Å². The summed E-state index contributed by atoms with van der Waals surface area (Å²) in [7, 11) is -1.56. The lowest BCUT2D eigenvalue weighted by Crippen LogP contribution is -2.35. The fourth-order valence-corrected chi connectivity index (χ4v) is 4.52. The summed E-state index contributed by atoms with van der Waals surface area (Å²) in [5.74, 6) is -0.382. The summed E-state index contributed by atoms with van der Waals surface area (Å²) in [5, 5.41) is 3.09. The third kappa shape index (κ3) is 6.41. The van der Waals surface area contributed by atoms with Gasteiger partial charge in [-0.25, -0.2) is 8.42 Å². The number of amides is 1. The minimum Gasteiger partial charge on any atom is -0.341 e. The van der Waals surface area contributed by atoms with E-state index in [2.05, 4.69) is 21.2 Å². The van der Waals surface area contributed by atoms with E-state index >= 15 is 0 Å². The molecule has 0 aliphatic carbocycles. The number of nitrogens with one attached hydrogen (secondary N) is 1. The highest BCUT2D eigenvalue weighted by atomic mass is 79.9. The number of carbonyl (C=O) groups excluding carboxylic acids is 1.